The maximum absolute atomic E-state index is 6.70. The fourth-order valence-electron chi connectivity index (χ4n) is 4.80. The normalized spacial score (nSPS) is 15.7. The van der Waals surface area contributed by atoms with Gasteiger partial charge >= 0.3 is 0 Å². The summed E-state index contributed by atoms with van der Waals surface area (Å²) in [6.45, 7) is 19.5. The van der Waals surface area contributed by atoms with Gasteiger partial charge in [0.2, 0.25) is 3.79 Å². The molecule has 0 spiro atoms. The first-order valence-electron chi connectivity index (χ1n) is 12.2. The number of hydrogen-bond acceptors (Lipinski definition) is 2. The molecule has 0 aromatic heterocycles. The Morgan fingerprint density at radius 3 is 1.27 bits per heavy atom. The highest BCUT2D eigenvalue weighted by atomic mass is 35.6. The van der Waals surface area contributed by atoms with Gasteiger partial charge in [-0.05, 0) is 58.1 Å². The van der Waals surface area contributed by atoms with Crippen LogP contribution in [0.2, 0.25) is 0 Å². The van der Waals surface area contributed by atoms with Gasteiger partial charge in [-0.25, -0.2) is 0 Å². The quantitative estimate of drug-likeness (QED) is 0.358. The zero-order valence-electron chi connectivity index (χ0n) is 21.3. The highest BCUT2D eigenvalue weighted by Gasteiger charge is 2.47. The van der Waals surface area contributed by atoms with E-state index in [1.807, 2.05) is 0 Å². The van der Waals surface area contributed by atoms with E-state index in [-0.39, 0.29) is 6.17 Å². The molecule has 182 valence electrons. The van der Waals surface area contributed by atoms with Gasteiger partial charge in [0.05, 0.1) is 0 Å². The molecule has 1 aliphatic rings. The largest absolute Gasteiger partial charge is 0.346 e. The Bertz CT molecular complexity index is 889. The third kappa shape index (κ3) is 5.60. The Morgan fingerprint density at radius 1 is 0.636 bits per heavy atom. The number of halogens is 3. The Hall–Kier alpha value is -1.09. The highest BCUT2D eigenvalue weighted by Crippen LogP contribution is 2.45. The standard InChI is InChI=1S/C28H39Cl3N2/c1-17(2)21-9-11-25(23(15-21)19(5)6)32-13-14-33(27(32)28(29,30)31)26-12-10-22(18(3)4)16-24(26)20(7)8/h9-12,15-20,27H,13-14H2,1-8H3. The molecular weight excluding hydrogens is 471 g/mol. The molecule has 0 saturated carbocycles. The van der Waals surface area contributed by atoms with Crippen molar-refractivity contribution in [3.05, 3.63) is 58.7 Å². The van der Waals surface area contributed by atoms with Gasteiger partial charge in [0.25, 0.3) is 0 Å². The minimum atomic E-state index is -1.47. The van der Waals surface area contributed by atoms with Gasteiger partial charge < -0.3 is 9.80 Å². The zero-order valence-corrected chi connectivity index (χ0v) is 23.6. The second kappa shape index (κ2) is 10.3. The fraction of sp³-hybridized carbons (Fsp3) is 0.571. The second-order valence-electron chi connectivity index (χ2n) is 10.6. The first-order chi connectivity index (χ1) is 15.3. The second-order valence-corrected chi connectivity index (χ2v) is 12.9. The van der Waals surface area contributed by atoms with Crippen molar-refractivity contribution >= 4 is 46.2 Å². The van der Waals surface area contributed by atoms with Crippen LogP contribution >= 0.6 is 34.8 Å². The van der Waals surface area contributed by atoms with Crippen molar-refractivity contribution in [2.75, 3.05) is 22.9 Å². The summed E-state index contributed by atoms with van der Waals surface area (Å²) in [6, 6.07) is 13.6. The molecule has 1 saturated heterocycles. The zero-order chi connectivity index (χ0) is 24.7. The molecule has 0 aliphatic carbocycles. The Labute approximate surface area is 216 Å². The lowest BCUT2D eigenvalue weighted by atomic mass is 9.93. The molecule has 0 unspecified atom stereocenters. The monoisotopic (exact) mass is 508 g/mol. The van der Waals surface area contributed by atoms with Crippen molar-refractivity contribution in [3.8, 4) is 0 Å². The van der Waals surface area contributed by atoms with Crippen LogP contribution in [0.1, 0.15) is 101 Å². The van der Waals surface area contributed by atoms with Crippen LogP contribution in [0.4, 0.5) is 11.4 Å². The van der Waals surface area contributed by atoms with Gasteiger partial charge in [-0.15, -0.1) is 0 Å². The van der Waals surface area contributed by atoms with Crippen molar-refractivity contribution < 1.29 is 0 Å². The lowest BCUT2D eigenvalue weighted by molar-refractivity contribution is 0.670. The molecule has 0 radical (unpaired) electrons. The fourth-order valence-corrected chi connectivity index (χ4v) is 5.51. The summed E-state index contributed by atoms with van der Waals surface area (Å²) in [7, 11) is 0. The maximum Gasteiger partial charge on any atom is 0.228 e. The topological polar surface area (TPSA) is 6.48 Å². The third-order valence-corrected chi connectivity index (χ3v) is 7.35. The minimum absolute atomic E-state index is 0.375. The first kappa shape index (κ1) is 26.5. The van der Waals surface area contributed by atoms with Gasteiger partial charge in [-0.1, -0.05) is 114 Å². The predicted octanol–water partition coefficient (Wildman–Crippen LogP) is 9.20. The molecule has 3 rings (SSSR count). The van der Waals surface area contributed by atoms with Crippen LogP contribution in [-0.4, -0.2) is 23.0 Å². The summed E-state index contributed by atoms with van der Waals surface area (Å²) < 4.78 is -1.47. The number of nitrogens with zero attached hydrogens (tertiary/aromatic N) is 2. The van der Waals surface area contributed by atoms with Crippen LogP contribution in [0.25, 0.3) is 0 Å². The summed E-state index contributed by atoms with van der Waals surface area (Å²) in [5, 5.41) is 0. The van der Waals surface area contributed by atoms with Crippen molar-refractivity contribution in [3.63, 3.8) is 0 Å². The van der Waals surface area contributed by atoms with Gasteiger partial charge in [0.15, 0.2) is 6.17 Å². The van der Waals surface area contributed by atoms with Crippen molar-refractivity contribution in [2.45, 2.75) is 89.0 Å². The molecule has 0 N–H and O–H groups in total. The maximum atomic E-state index is 6.70. The number of benzene rings is 2. The first-order valence-corrected chi connectivity index (χ1v) is 13.3. The molecule has 1 aliphatic heterocycles. The summed E-state index contributed by atoms with van der Waals surface area (Å²) in [6.07, 6.45) is -0.382. The van der Waals surface area contributed by atoms with E-state index in [4.69, 9.17) is 34.8 Å². The molecule has 1 heterocycles. The van der Waals surface area contributed by atoms with Crippen molar-refractivity contribution in [1.82, 2.24) is 0 Å². The minimum Gasteiger partial charge on any atom is -0.346 e. The van der Waals surface area contributed by atoms with Crippen LogP contribution in [-0.2, 0) is 0 Å². The Kier molecular flexibility index (Phi) is 8.24. The number of rotatable bonds is 6. The molecular formula is C28H39Cl3N2. The SMILES string of the molecule is CC(C)c1ccc(N2CCN(c3ccc(C(C)C)cc3C(C)C)C2C(Cl)(Cl)Cl)c(C(C)C)c1. The van der Waals surface area contributed by atoms with Crippen LogP contribution in [0.3, 0.4) is 0 Å². The Balaban J connectivity index is 2.11. The number of hydrogen-bond donors (Lipinski definition) is 0. The van der Waals surface area contributed by atoms with E-state index < -0.39 is 3.79 Å². The van der Waals surface area contributed by atoms with E-state index in [1.54, 1.807) is 0 Å². The Morgan fingerprint density at radius 2 is 1.00 bits per heavy atom. The van der Waals surface area contributed by atoms with Crippen molar-refractivity contribution in [1.29, 1.82) is 0 Å². The number of alkyl halides is 3. The summed E-state index contributed by atoms with van der Waals surface area (Å²) in [4.78, 5) is 4.60. The summed E-state index contributed by atoms with van der Waals surface area (Å²) in [5.41, 5.74) is 7.63. The van der Waals surface area contributed by atoms with E-state index in [9.17, 15) is 0 Å². The molecule has 5 heteroatoms. The molecule has 2 nitrogen and oxygen atoms in total. The van der Waals surface area contributed by atoms with E-state index in [1.165, 1.54) is 22.3 Å². The van der Waals surface area contributed by atoms with E-state index in [2.05, 4.69) is 102 Å². The van der Waals surface area contributed by atoms with Gasteiger partial charge in [0.1, 0.15) is 0 Å². The van der Waals surface area contributed by atoms with Crippen LogP contribution in [0.5, 0.6) is 0 Å². The van der Waals surface area contributed by atoms with E-state index >= 15 is 0 Å². The smallest absolute Gasteiger partial charge is 0.228 e. The average Bonchev–Trinajstić information content (AvgIpc) is 3.18. The molecule has 33 heavy (non-hydrogen) atoms. The van der Waals surface area contributed by atoms with Gasteiger partial charge in [0, 0.05) is 24.5 Å². The van der Waals surface area contributed by atoms with E-state index in [0.717, 1.165) is 24.5 Å². The number of anilines is 2. The lowest BCUT2D eigenvalue weighted by Crippen LogP contribution is -2.49. The lowest BCUT2D eigenvalue weighted by Gasteiger charge is -2.39. The van der Waals surface area contributed by atoms with Gasteiger partial charge in [-0.3, -0.25) is 0 Å². The molecule has 0 bridgehead atoms. The third-order valence-electron chi connectivity index (χ3n) is 6.76. The van der Waals surface area contributed by atoms with Crippen LogP contribution < -0.4 is 9.80 Å². The molecule has 0 atom stereocenters. The van der Waals surface area contributed by atoms with Crippen molar-refractivity contribution in [2.24, 2.45) is 0 Å². The highest BCUT2D eigenvalue weighted by molar-refractivity contribution is 6.68. The molecule has 1 fully saturated rings. The molecule has 2 aromatic rings. The molecule has 0 amide bonds. The van der Waals surface area contributed by atoms with Crippen LogP contribution in [0.15, 0.2) is 36.4 Å². The van der Waals surface area contributed by atoms with Crippen LogP contribution in [0, 0.1) is 0 Å². The van der Waals surface area contributed by atoms with E-state index in [0.29, 0.717) is 23.7 Å². The molecule has 2 aromatic carbocycles. The average molecular weight is 510 g/mol. The predicted molar refractivity (Wildman–Crippen MR) is 148 cm³/mol. The van der Waals surface area contributed by atoms with Gasteiger partial charge in [-0.2, -0.15) is 0 Å². The summed E-state index contributed by atoms with van der Waals surface area (Å²) >= 11 is 20.1. The summed E-state index contributed by atoms with van der Waals surface area (Å²) in [5.74, 6) is 1.70.